The zero-order valence-electron chi connectivity index (χ0n) is 11.8. The molecule has 0 bridgehead atoms. The van der Waals surface area contributed by atoms with Crippen LogP contribution in [0.3, 0.4) is 0 Å². The van der Waals surface area contributed by atoms with Crippen LogP contribution in [0.4, 0.5) is 8.78 Å². The molecule has 1 N–H and O–H groups in total. The Kier molecular flexibility index (Phi) is 4.85. The van der Waals surface area contributed by atoms with Crippen molar-refractivity contribution in [2.24, 2.45) is 0 Å². The standard InChI is InChI=1S/C17H19F2N/c1-3-12-7-4-5-9-14(12)16(20-2)11-13-8-6-10-15(18)17(13)19/h4-10,16,20H,3,11H2,1-2H3. The Labute approximate surface area is 118 Å². The maximum atomic E-state index is 13.8. The molecule has 0 aliphatic heterocycles. The lowest BCUT2D eigenvalue weighted by atomic mass is 9.93. The van der Waals surface area contributed by atoms with Crippen molar-refractivity contribution in [2.75, 3.05) is 7.05 Å². The highest BCUT2D eigenvalue weighted by molar-refractivity contribution is 5.32. The summed E-state index contributed by atoms with van der Waals surface area (Å²) in [6.07, 6.45) is 1.34. The van der Waals surface area contributed by atoms with Crippen molar-refractivity contribution < 1.29 is 8.78 Å². The third-order valence-electron chi connectivity index (χ3n) is 3.62. The smallest absolute Gasteiger partial charge is 0.162 e. The second-order valence-corrected chi connectivity index (χ2v) is 4.81. The highest BCUT2D eigenvalue weighted by Gasteiger charge is 2.16. The van der Waals surface area contributed by atoms with Gasteiger partial charge in [-0.2, -0.15) is 0 Å². The number of halogens is 2. The van der Waals surface area contributed by atoms with E-state index >= 15 is 0 Å². The van der Waals surface area contributed by atoms with Crippen molar-refractivity contribution in [3.05, 3.63) is 70.8 Å². The van der Waals surface area contributed by atoms with Gasteiger partial charge in [-0.3, -0.25) is 0 Å². The first-order valence-electron chi connectivity index (χ1n) is 6.85. The van der Waals surface area contributed by atoms with Crippen molar-refractivity contribution in [3.63, 3.8) is 0 Å². The fourth-order valence-electron chi connectivity index (χ4n) is 2.49. The van der Waals surface area contributed by atoms with Crippen molar-refractivity contribution >= 4 is 0 Å². The summed E-state index contributed by atoms with van der Waals surface area (Å²) in [5.74, 6) is -1.54. The Morgan fingerprint density at radius 1 is 1.00 bits per heavy atom. The first-order valence-corrected chi connectivity index (χ1v) is 6.85. The predicted octanol–water partition coefficient (Wildman–Crippen LogP) is 4.03. The molecule has 2 aromatic carbocycles. The van der Waals surface area contributed by atoms with Gasteiger partial charge in [-0.25, -0.2) is 8.78 Å². The molecule has 1 atom stereocenters. The molecule has 0 amide bonds. The van der Waals surface area contributed by atoms with Crippen LogP contribution in [0.2, 0.25) is 0 Å². The molecule has 0 radical (unpaired) electrons. The topological polar surface area (TPSA) is 12.0 Å². The Morgan fingerprint density at radius 2 is 1.70 bits per heavy atom. The summed E-state index contributed by atoms with van der Waals surface area (Å²) in [6.45, 7) is 2.09. The van der Waals surface area contributed by atoms with Gasteiger partial charge in [-0.1, -0.05) is 43.3 Å². The molecule has 106 valence electrons. The van der Waals surface area contributed by atoms with E-state index in [2.05, 4.69) is 18.3 Å². The van der Waals surface area contributed by atoms with Crippen LogP contribution in [0.5, 0.6) is 0 Å². The number of nitrogens with one attached hydrogen (secondary N) is 1. The summed E-state index contributed by atoms with van der Waals surface area (Å²) in [5.41, 5.74) is 2.76. The maximum absolute atomic E-state index is 13.8. The van der Waals surface area contributed by atoms with Crippen LogP contribution in [-0.2, 0) is 12.8 Å². The van der Waals surface area contributed by atoms with Gasteiger partial charge in [0.25, 0.3) is 0 Å². The third kappa shape index (κ3) is 3.05. The molecule has 0 aromatic heterocycles. The van der Waals surface area contributed by atoms with Crippen LogP contribution >= 0.6 is 0 Å². The van der Waals surface area contributed by atoms with Crippen molar-refractivity contribution in [3.8, 4) is 0 Å². The van der Waals surface area contributed by atoms with Crippen LogP contribution < -0.4 is 5.32 Å². The second-order valence-electron chi connectivity index (χ2n) is 4.81. The number of hydrogen-bond donors (Lipinski definition) is 1. The van der Waals surface area contributed by atoms with E-state index in [1.807, 2.05) is 25.2 Å². The number of hydrogen-bond acceptors (Lipinski definition) is 1. The number of likely N-dealkylation sites (N-methyl/N-ethyl adjacent to an activating group) is 1. The molecule has 0 heterocycles. The van der Waals surface area contributed by atoms with Gasteiger partial charge in [0.1, 0.15) is 0 Å². The normalized spacial score (nSPS) is 12.4. The Morgan fingerprint density at radius 3 is 2.40 bits per heavy atom. The fraction of sp³-hybridized carbons (Fsp3) is 0.294. The van der Waals surface area contributed by atoms with Gasteiger partial charge in [-0.15, -0.1) is 0 Å². The molecule has 0 saturated heterocycles. The third-order valence-corrected chi connectivity index (χ3v) is 3.62. The first-order chi connectivity index (χ1) is 9.67. The molecule has 0 saturated carbocycles. The molecule has 0 aliphatic rings. The van der Waals surface area contributed by atoms with E-state index in [-0.39, 0.29) is 6.04 Å². The zero-order chi connectivity index (χ0) is 14.5. The van der Waals surface area contributed by atoms with Crippen molar-refractivity contribution in [1.82, 2.24) is 5.32 Å². The van der Waals surface area contributed by atoms with E-state index in [1.54, 1.807) is 12.1 Å². The molecule has 0 aliphatic carbocycles. The van der Waals surface area contributed by atoms with Gasteiger partial charge in [0, 0.05) is 6.04 Å². The number of rotatable bonds is 5. The minimum Gasteiger partial charge on any atom is -0.313 e. The quantitative estimate of drug-likeness (QED) is 0.868. The minimum absolute atomic E-state index is 0.0255. The van der Waals surface area contributed by atoms with E-state index in [4.69, 9.17) is 0 Å². The molecule has 1 nitrogen and oxygen atoms in total. The fourth-order valence-corrected chi connectivity index (χ4v) is 2.49. The van der Waals surface area contributed by atoms with Gasteiger partial charge in [0.15, 0.2) is 11.6 Å². The Bertz CT molecular complexity index is 581. The molecular formula is C17H19F2N. The van der Waals surface area contributed by atoms with Crippen molar-refractivity contribution in [1.29, 1.82) is 0 Å². The highest BCUT2D eigenvalue weighted by atomic mass is 19.2. The molecule has 0 fully saturated rings. The zero-order valence-corrected chi connectivity index (χ0v) is 11.8. The molecule has 0 spiro atoms. The van der Waals surface area contributed by atoms with E-state index < -0.39 is 11.6 Å². The van der Waals surface area contributed by atoms with Crippen LogP contribution in [0.25, 0.3) is 0 Å². The van der Waals surface area contributed by atoms with Gasteiger partial charge in [-0.05, 0) is 42.6 Å². The van der Waals surface area contributed by atoms with Gasteiger partial charge in [0.2, 0.25) is 0 Å². The lowest BCUT2D eigenvalue weighted by Gasteiger charge is -2.20. The monoisotopic (exact) mass is 275 g/mol. The van der Waals surface area contributed by atoms with Gasteiger partial charge >= 0.3 is 0 Å². The number of benzene rings is 2. The molecule has 2 rings (SSSR count). The molecular weight excluding hydrogens is 256 g/mol. The second kappa shape index (κ2) is 6.62. The largest absolute Gasteiger partial charge is 0.313 e. The van der Waals surface area contributed by atoms with Crippen molar-refractivity contribution in [2.45, 2.75) is 25.8 Å². The van der Waals surface area contributed by atoms with Gasteiger partial charge in [0.05, 0.1) is 0 Å². The summed E-state index contributed by atoms with van der Waals surface area (Å²) in [4.78, 5) is 0. The molecule has 3 heteroatoms. The predicted molar refractivity (Wildman–Crippen MR) is 77.7 cm³/mol. The molecule has 20 heavy (non-hydrogen) atoms. The van der Waals surface area contributed by atoms with E-state index in [9.17, 15) is 8.78 Å². The number of aryl methyl sites for hydroxylation is 1. The lowest BCUT2D eigenvalue weighted by Crippen LogP contribution is -2.21. The first kappa shape index (κ1) is 14.7. The Balaban J connectivity index is 2.31. The van der Waals surface area contributed by atoms with E-state index in [0.717, 1.165) is 18.1 Å². The van der Waals surface area contributed by atoms with E-state index in [1.165, 1.54) is 5.56 Å². The summed E-state index contributed by atoms with van der Waals surface area (Å²) in [5, 5.41) is 3.20. The van der Waals surface area contributed by atoms with Crippen LogP contribution in [0.1, 0.15) is 29.7 Å². The summed E-state index contributed by atoms with van der Waals surface area (Å²) >= 11 is 0. The lowest BCUT2D eigenvalue weighted by molar-refractivity contribution is 0.486. The molecule has 2 aromatic rings. The average Bonchev–Trinajstić information content (AvgIpc) is 2.49. The highest BCUT2D eigenvalue weighted by Crippen LogP contribution is 2.24. The maximum Gasteiger partial charge on any atom is 0.162 e. The SMILES string of the molecule is CCc1ccccc1C(Cc1cccc(F)c1F)NC. The summed E-state index contributed by atoms with van der Waals surface area (Å²) in [6, 6.07) is 12.4. The van der Waals surface area contributed by atoms with E-state index in [0.29, 0.717) is 12.0 Å². The van der Waals surface area contributed by atoms with Gasteiger partial charge < -0.3 is 5.32 Å². The van der Waals surface area contributed by atoms with Crippen LogP contribution in [-0.4, -0.2) is 7.05 Å². The molecule has 1 unspecified atom stereocenters. The van der Waals surface area contributed by atoms with Crippen LogP contribution in [0.15, 0.2) is 42.5 Å². The minimum atomic E-state index is -0.791. The average molecular weight is 275 g/mol. The summed E-state index contributed by atoms with van der Waals surface area (Å²) in [7, 11) is 1.84. The summed E-state index contributed by atoms with van der Waals surface area (Å²) < 4.78 is 27.1. The van der Waals surface area contributed by atoms with Crippen LogP contribution in [0, 0.1) is 11.6 Å². The Hall–Kier alpha value is -1.74.